The van der Waals surface area contributed by atoms with Gasteiger partial charge in [-0.3, -0.25) is 0 Å². The van der Waals surface area contributed by atoms with E-state index in [1.807, 2.05) is 6.07 Å². The van der Waals surface area contributed by atoms with Crippen LogP contribution in [0, 0.1) is 23.0 Å². The number of nitriles is 1. The zero-order valence-corrected chi connectivity index (χ0v) is 19.3. The summed E-state index contributed by atoms with van der Waals surface area (Å²) in [7, 11) is 0. The van der Waals surface area contributed by atoms with E-state index in [0.29, 0.717) is 23.0 Å². The van der Waals surface area contributed by atoms with Crippen molar-refractivity contribution in [2.24, 2.45) is 5.10 Å². The second-order valence-electron chi connectivity index (χ2n) is 8.39. The maximum absolute atomic E-state index is 14.3. The van der Waals surface area contributed by atoms with Gasteiger partial charge in [-0.25, -0.2) is 28.6 Å². The first-order valence-corrected chi connectivity index (χ1v) is 11.2. The first-order valence-electron chi connectivity index (χ1n) is 11.2. The summed E-state index contributed by atoms with van der Waals surface area (Å²) < 4.78 is 67.3. The minimum Gasteiger partial charge on any atom is -0.337 e. The number of nitrogens with zero attached hydrogens (tertiary/aromatic N) is 10. The number of urea groups is 1. The van der Waals surface area contributed by atoms with Crippen LogP contribution in [0.1, 0.15) is 29.4 Å². The van der Waals surface area contributed by atoms with Crippen LogP contribution in [0.4, 0.5) is 32.7 Å². The summed E-state index contributed by atoms with van der Waals surface area (Å²) in [4.78, 5) is 27.5. The maximum Gasteiger partial charge on any atom is 0.453 e. The topological polar surface area (TPSA) is 119 Å². The zero-order valence-electron chi connectivity index (χ0n) is 19.3. The van der Waals surface area contributed by atoms with Crippen LogP contribution in [-0.4, -0.2) is 73.1 Å². The van der Waals surface area contributed by atoms with Crippen molar-refractivity contribution in [1.29, 1.82) is 5.26 Å². The van der Waals surface area contributed by atoms with Gasteiger partial charge in [0.05, 0.1) is 23.9 Å². The molecule has 5 rings (SSSR count). The minimum atomic E-state index is -4.80. The molecule has 1 saturated heterocycles. The molecule has 11 nitrogen and oxygen atoms in total. The van der Waals surface area contributed by atoms with E-state index in [1.54, 1.807) is 4.90 Å². The number of hydrazone groups is 1. The molecule has 2 aliphatic rings. The van der Waals surface area contributed by atoms with E-state index in [9.17, 15) is 26.7 Å². The lowest BCUT2D eigenvalue weighted by molar-refractivity contribution is -0.144. The summed E-state index contributed by atoms with van der Waals surface area (Å²) in [6.07, 6.45) is -1.38. The highest BCUT2D eigenvalue weighted by Gasteiger charge is 2.37. The summed E-state index contributed by atoms with van der Waals surface area (Å²) in [6.45, 7) is 0.898. The lowest BCUT2D eigenvalue weighted by atomic mass is 10.0. The summed E-state index contributed by atoms with van der Waals surface area (Å²) in [6, 6.07) is 4.77. The number of piperazine rings is 1. The second-order valence-corrected chi connectivity index (χ2v) is 8.39. The molecule has 0 bridgehead atoms. The highest BCUT2D eigenvalue weighted by atomic mass is 19.4. The number of hydrogen-bond donors (Lipinski definition) is 0. The largest absolute Gasteiger partial charge is 0.453 e. The molecule has 2 aromatic heterocycles. The number of aromatic nitrogens is 5. The van der Waals surface area contributed by atoms with Crippen LogP contribution in [-0.2, 0) is 6.18 Å². The normalized spacial score (nSPS) is 17.7. The minimum absolute atomic E-state index is 0.0402. The molecule has 0 spiro atoms. The van der Waals surface area contributed by atoms with Crippen LogP contribution in [0.25, 0.3) is 5.82 Å². The number of hydrogen-bond acceptors (Lipinski definition) is 8. The van der Waals surface area contributed by atoms with Gasteiger partial charge < -0.3 is 9.80 Å². The van der Waals surface area contributed by atoms with Crippen molar-refractivity contribution in [2.75, 3.05) is 31.1 Å². The third-order valence-electron chi connectivity index (χ3n) is 5.97. The molecule has 16 heteroatoms. The predicted octanol–water partition coefficient (Wildman–Crippen LogP) is 2.90. The average molecular weight is 532 g/mol. The quantitative estimate of drug-likeness (QED) is 0.476. The predicted molar refractivity (Wildman–Crippen MR) is 120 cm³/mol. The molecular formula is C22H17F5N10O. The van der Waals surface area contributed by atoms with E-state index in [1.165, 1.54) is 28.3 Å². The Bertz CT molecular complexity index is 1440. The molecule has 1 fully saturated rings. The third kappa shape index (κ3) is 4.82. The first kappa shape index (κ1) is 25.0. The average Bonchev–Trinajstić information content (AvgIpc) is 3.59. The van der Waals surface area contributed by atoms with E-state index in [4.69, 9.17) is 5.26 Å². The van der Waals surface area contributed by atoms with Crippen molar-refractivity contribution in [3.63, 3.8) is 0 Å². The standard InChI is InChI=1S/C22H17F5N10O/c23-15-8-13(10-28)7-14(9-15)17-1-2-31-37(17)21(38)35-5-3-34(4-6-35)20-29-11-16(24)18(32-20)36-12-30-19(33-36)22(25,26)27/h2,7-9,11-12,17H,1,3-6H2. The van der Waals surface area contributed by atoms with Gasteiger partial charge in [-0.15, -0.1) is 5.10 Å². The Labute approximate surface area is 211 Å². The van der Waals surface area contributed by atoms with Gasteiger partial charge in [0.25, 0.3) is 5.82 Å². The van der Waals surface area contributed by atoms with Crippen LogP contribution in [0.3, 0.4) is 0 Å². The Morgan fingerprint density at radius 2 is 1.84 bits per heavy atom. The summed E-state index contributed by atoms with van der Waals surface area (Å²) in [5.41, 5.74) is 0.576. The summed E-state index contributed by atoms with van der Waals surface area (Å²) in [5, 5.41) is 17.8. The lowest BCUT2D eigenvalue weighted by Crippen LogP contribution is -2.52. The van der Waals surface area contributed by atoms with Crippen molar-refractivity contribution in [3.8, 4) is 11.9 Å². The summed E-state index contributed by atoms with van der Waals surface area (Å²) >= 11 is 0. The molecule has 0 N–H and O–H groups in total. The van der Waals surface area contributed by atoms with E-state index < -0.39 is 41.5 Å². The molecule has 3 aromatic rings. The molecule has 1 aromatic carbocycles. The monoisotopic (exact) mass is 532 g/mol. The van der Waals surface area contributed by atoms with Crippen LogP contribution in [0.5, 0.6) is 0 Å². The Morgan fingerprint density at radius 3 is 2.53 bits per heavy atom. The smallest absolute Gasteiger partial charge is 0.337 e. The van der Waals surface area contributed by atoms with Crippen molar-refractivity contribution in [3.05, 3.63) is 59.3 Å². The molecule has 2 amide bonds. The van der Waals surface area contributed by atoms with Gasteiger partial charge in [-0.1, -0.05) is 0 Å². The molecular weight excluding hydrogens is 515 g/mol. The molecule has 4 heterocycles. The van der Waals surface area contributed by atoms with Crippen LogP contribution in [0.15, 0.2) is 35.8 Å². The molecule has 0 aliphatic carbocycles. The number of alkyl halides is 3. The molecule has 1 unspecified atom stereocenters. The number of anilines is 1. The Morgan fingerprint density at radius 1 is 1.08 bits per heavy atom. The first-order chi connectivity index (χ1) is 18.1. The Kier molecular flexibility index (Phi) is 6.35. The number of amides is 2. The van der Waals surface area contributed by atoms with Gasteiger partial charge in [0, 0.05) is 38.8 Å². The van der Waals surface area contributed by atoms with Gasteiger partial charge in [0.15, 0.2) is 11.6 Å². The fourth-order valence-corrected chi connectivity index (χ4v) is 4.14. The maximum atomic E-state index is 14.3. The second kappa shape index (κ2) is 9.65. The number of rotatable bonds is 3. The Hall–Kier alpha value is -4.68. The van der Waals surface area contributed by atoms with Crippen LogP contribution >= 0.6 is 0 Å². The molecule has 196 valence electrons. The number of carbonyl (C=O) groups excluding carboxylic acids is 1. The SMILES string of the molecule is N#Cc1cc(F)cc(C2CC=NN2C(=O)N2CCN(c3ncc(F)c(-n4cnc(C(F)(F)F)n4)n3)CC2)c1. The van der Waals surface area contributed by atoms with Gasteiger partial charge >= 0.3 is 12.2 Å². The molecule has 38 heavy (non-hydrogen) atoms. The molecule has 1 atom stereocenters. The van der Waals surface area contributed by atoms with E-state index in [2.05, 4.69) is 25.2 Å². The highest BCUT2D eigenvalue weighted by Crippen LogP contribution is 2.31. The molecule has 2 aliphatic heterocycles. The van der Waals surface area contributed by atoms with E-state index >= 15 is 0 Å². The summed E-state index contributed by atoms with van der Waals surface area (Å²) in [5.74, 6) is -3.48. The van der Waals surface area contributed by atoms with Crippen molar-refractivity contribution < 1.29 is 26.7 Å². The van der Waals surface area contributed by atoms with Gasteiger partial charge in [-0.2, -0.15) is 33.2 Å². The number of halogens is 5. The van der Waals surface area contributed by atoms with Gasteiger partial charge in [-0.05, 0) is 23.8 Å². The fourth-order valence-electron chi connectivity index (χ4n) is 4.14. The number of benzene rings is 1. The molecule has 0 saturated carbocycles. The Balaban J connectivity index is 1.27. The van der Waals surface area contributed by atoms with Gasteiger partial charge in [0.2, 0.25) is 5.95 Å². The van der Waals surface area contributed by atoms with Crippen molar-refractivity contribution in [1.82, 2.24) is 34.6 Å². The van der Waals surface area contributed by atoms with Crippen molar-refractivity contribution in [2.45, 2.75) is 18.6 Å². The fraction of sp³-hybridized carbons (Fsp3) is 0.318. The van der Waals surface area contributed by atoms with E-state index in [-0.39, 0.29) is 37.7 Å². The van der Waals surface area contributed by atoms with Crippen LogP contribution in [0.2, 0.25) is 0 Å². The molecule has 0 radical (unpaired) electrons. The third-order valence-corrected chi connectivity index (χ3v) is 5.97. The number of carbonyl (C=O) groups is 1. The van der Waals surface area contributed by atoms with Gasteiger partial charge in [0.1, 0.15) is 12.1 Å². The van der Waals surface area contributed by atoms with Crippen LogP contribution < -0.4 is 4.90 Å². The van der Waals surface area contributed by atoms with Crippen molar-refractivity contribution >= 4 is 18.2 Å². The highest BCUT2D eigenvalue weighted by molar-refractivity contribution is 5.78. The lowest BCUT2D eigenvalue weighted by Gasteiger charge is -2.37. The van der Waals surface area contributed by atoms with E-state index in [0.717, 1.165) is 12.3 Å². The zero-order chi connectivity index (χ0) is 27.0.